The van der Waals surface area contributed by atoms with Crippen molar-refractivity contribution in [2.45, 2.75) is 84.8 Å². The molecule has 4 nitrogen and oxygen atoms in total. The van der Waals surface area contributed by atoms with Crippen LogP contribution >= 0.6 is 0 Å². The van der Waals surface area contributed by atoms with E-state index in [9.17, 15) is 4.79 Å². The summed E-state index contributed by atoms with van der Waals surface area (Å²) in [5.74, 6) is 1.26. The molecule has 4 heteroatoms. The Morgan fingerprint density at radius 2 is 1.96 bits per heavy atom. The summed E-state index contributed by atoms with van der Waals surface area (Å²) in [5, 5.41) is 0. The van der Waals surface area contributed by atoms with Gasteiger partial charge in [0, 0.05) is 17.5 Å². The van der Waals surface area contributed by atoms with Crippen molar-refractivity contribution in [2.75, 3.05) is 7.11 Å². The second-order valence-electron chi connectivity index (χ2n) is 6.99. The number of benzene rings is 1. The van der Waals surface area contributed by atoms with E-state index < -0.39 is 0 Å². The smallest absolute Gasteiger partial charge is 0.311 e. The van der Waals surface area contributed by atoms with E-state index in [2.05, 4.69) is 13.8 Å². The minimum Gasteiger partial charge on any atom is -0.496 e. The molecule has 1 aromatic carbocycles. The van der Waals surface area contributed by atoms with Crippen molar-refractivity contribution in [2.24, 2.45) is 0 Å². The maximum Gasteiger partial charge on any atom is 0.311 e. The molecule has 1 heterocycles. The van der Waals surface area contributed by atoms with E-state index >= 15 is 0 Å². The topological polar surface area (TPSA) is 44.8 Å². The normalized spacial score (nSPS) is 16.4. The van der Waals surface area contributed by atoms with Gasteiger partial charge in [0.2, 0.25) is 0 Å². The molecule has 0 saturated carbocycles. The van der Waals surface area contributed by atoms with Crippen LogP contribution in [-0.2, 0) is 22.6 Å². The Balaban J connectivity index is 1.97. The van der Waals surface area contributed by atoms with Gasteiger partial charge in [0.1, 0.15) is 11.5 Å². The van der Waals surface area contributed by atoms with Gasteiger partial charge in [-0.05, 0) is 38.3 Å². The Bertz CT molecular complexity index is 580. The molecule has 1 unspecified atom stereocenters. The van der Waals surface area contributed by atoms with Gasteiger partial charge in [0.05, 0.1) is 19.8 Å². The molecule has 1 atom stereocenters. The predicted molar refractivity (Wildman–Crippen MR) is 99.3 cm³/mol. The third-order valence-corrected chi connectivity index (χ3v) is 4.86. The molecular formula is C21H32O4. The van der Waals surface area contributed by atoms with Crippen LogP contribution in [0.15, 0.2) is 6.07 Å². The van der Waals surface area contributed by atoms with E-state index in [-0.39, 0.29) is 12.1 Å². The average Bonchev–Trinajstić information content (AvgIpc) is 2.59. The highest BCUT2D eigenvalue weighted by atomic mass is 16.5. The largest absolute Gasteiger partial charge is 0.496 e. The number of fused-ring (bicyclic) bond motifs is 1. The number of unbranched alkanes of at least 4 members (excludes halogenated alkanes) is 5. The summed E-state index contributed by atoms with van der Waals surface area (Å²) >= 11 is 0. The number of hydrogen-bond donors (Lipinski definition) is 0. The van der Waals surface area contributed by atoms with Crippen molar-refractivity contribution in [3.63, 3.8) is 0 Å². The van der Waals surface area contributed by atoms with Crippen LogP contribution in [0.2, 0.25) is 0 Å². The zero-order valence-corrected chi connectivity index (χ0v) is 16.2. The van der Waals surface area contributed by atoms with Gasteiger partial charge in [0.15, 0.2) is 0 Å². The molecule has 25 heavy (non-hydrogen) atoms. The van der Waals surface area contributed by atoms with Gasteiger partial charge in [-0.1, -0.05) is 39.0 Å². The molecule has 140 valence electrons. The quantitative estimate of drug-likeness (QED) is 0.353. The van der Waals surface area contributed by atoms with Crippen molar-refractivity contribution in [1.29, 1.82) is 0 Å². The van der Waals surface area contributed by atoms with Gasteiger partial charge >= 0.3 is 5.97 Å². The summed E-state index contributed by atoms with van der Waals surface area (Å²) in [4.78, 5) is 12.2. The number of carbonyl (C=O) groups excluding carboxylic acids is 1. The maximum atomic E-state index is 12.2. The Morgan fingerprint density at radius 3 is 2.68 bits per heavy atom. The first kappa shape index (κ1) is 19.8. The summed E-state index contributed by atoms with van der Waals surface area (Å²) in [6, 6.07) is 1.99. The zero-order valence-electron chi connectivity index (χ0n) is 16.2. The number of hydrogen-bond acceptors (Lipinski definition) is 4. The van der Waals surface area contributed by atoms with Crippen LogP contribution in [0.1, 0.15) is 75.5 Å². The summed E-state index contributed by atoms with van der Waals surface area (Å²) in [7, 11) is 1.66. The summed E-state index contributed by atoms with van der Waals surface area (Å²) in [5.41, 5.74) is 3.10. The lowest BCUT2D eigenvalue weighted by Gasteiger charge is -2.26. The average molecular weight is 348 g/mol. The molecule has 0 aliphatic carbocycles. The summed E-state index contributed by atoms with van der Waals surface area (Å²) in [6.45, 7) is 6.75. The SMILES string of the molecule is CCCCCCCCC(=O)Oc1cc2c(c(OC)c1C)COC(C)C2. The van der Waals surface area contributed by atoms with E-state index in [1.165, 1.54) is 25.7 Å². The van der Waals surface area contributed by atoms with Crippen molar-refractivity contribution < 1.29 is 19.0 Å². The molecule has 0 amide bonds. The van der Waals surface area contributed by atoms with Gasteiger partial charge < -0.3 is 14.2 Å². The fourth-order valence-electron chi connectivity index (χ4n) is 3.38. The van der Waals surface area contributed by atoms with Crippen molar-refractivity contribution in [1.82, 2.24) is 0 Å². The highest BCUT2D eigenvalue weighted by Gasteiger charge is 2.24. The monoisotopic (exact) mass is 348 g/mol. The molecule has 0 fully saturated rings. The van der Waals surface area contributed by atoms with Gasteiger partial charge in [-0.2, -0.15) is 0 Å². The molecule has 0 N–H and O–H groups in total. The van der Waals surface area contributed by atoms with Crippen molar-refractivity contribution >= 4 is 5.97 Å². The van der Waals surface area contributed by atoms with Gasteiger partial charge in [-0.3, -0.25) is 4.79 Å². The minimum atomic E-state index is -0.152. The Morgan fingerprint density at radius 1 is 1.24 bits per heavy atom. The Hall–Kier alpha value is -1.55. The molecule has 0 saturated heterocycles. The molecule has 2 rings (SSSR count). The van der Waals surface area contributed by atoms with Crippen LogP contribution in [-0.4, -0.2) is 19.2 Å². The number of esters is 1. The molecule has 1 aliphatic rings. The van der Waals surface area contributed by atoms with Gasteiger partial charge in [-0.25, -0.2) is 0 Å². The number of rotatable bonds is 9. The van der Waals surface area contributed by atoms with Crippen LogP contribution in [0, 0.1) is 6.92 Å². The van der Waals surface area contributed by atoms with Crippen molar-refractivity contribution in [3.8, 4) is 11.5 Å². The lowest BCUT2D eigenvalue weighted by Crippen LogP contribution is -2.20. The van der Waals surface area contributed by atoms with E-state index in [0.29, 0.717) is 18.8 Å². The highest BCUT2D eigenvalue weighted by molar-refractivity contribution is 5.73. The fraction of sp³-hybridized carbons (Fsp3) is 0.667. The molecule has 0 spiro atoms. The van der Waals surface area contributed by atoms with Crippen LogP contribution in [0.5, 0.6) is 11.5 Å². The molecule has 0 aromatic heterocycles. The second-order valence-corrected chi connectivity index (χ2v) is 6.99. The number of ether oxygens (including phenoxy) is 3. The van der Waals surface area contributed by atoms with E-state index in [4.69, 9.17) is 14.2 Å². The highest BCUT2D eigenvalue weighted by Crippen LogP contribution is 2.38. The maximum absolute atomic E-state index is 12.2. The second kappa shape index (κ2) is 9.81. The van der Waals surface area contributed by atoms with E-state index in [1.807, 2.05) is 13.0 Å². The lowest BCUT2D eigenvalue weighted by atomic mass is 9.95. The van der Waals surface area contributed by atoms with Gasteiger partial charge in [-0.15, -0.1) is 0 Å². The minimum absolute atomic E-state index is 0.152. The number of carbonyl (C=O) groups is 1. The van der Waals surface area contributed by atoms with Crippen molar-refractivity contribution in [3.05, 3.63) is 22.8 Å². The molecule has 0 bridgehead atoms. The first-order chi connectivity index (χ1) is 12.1. The first-order valence-electron chi connectivity index (χ1n) is 9.58. The fourth-order valence-corrected chi connectivity index (χ4v) is 3.38. The Kier molecular flexibility index (Phi) is 7.76. The Labute approximate surface area is 151 Å². The standard InChI is InChI=1S/C21H32O4/c1-5-6-7-8-9-10-11-20(22)25-19-13-17-12-15(2)24-14-18(17)21(23-4)16(19)3/h13,15H,5-12,14H2,1-4H3. The van der Waals surface area contributed by atoms with Crippen LogP contribution in [0.4, 0.5) is 0 Å². The number of methoxy groups -OCH3 is 1. The molecule has 1 aliphatic heterocycles. The van der Waals surface area contributed by atoms with Crippen LogP contribution in [0.25, 0.3) is 0 Å². The third-order valence-electron chi connectivity index (χ3n) is 4.86. The first-order valence-corrected chi connectivity index (χ1v) is 9.58. The molecule has 0 radical (unpaired) electrons. The predicted octanol–water partition coefficient (Wildman–Crippen LogP) is 5.12. The van der Waals surface area contributed by atoms with E-state index in [0.717, 1.165) is 41.7 Å². The van der Waals surface area contributed by atoms with Gasteiger partial charge in [0.25, 0.3) is 0 Å². The summed E-state index contributed by atoms with van der Waals surface area (Å²) < 4.78 is 17.0. The summed E-state index contributed by atoms with van der Waals surface area (Å²) in [6.07, 6.45) is 8.43. The van der Waals surface area contributed by atoms with Crippen LogP contribution < -0.4 is 9.47 Å². The molecular weight excluding hydrogens is 316 g/mol. The van der Waals surface area contributed by atoms with E-state index in [1.54, 1.807) is 7.11 Å². The lowest BCUT2D eigenvalue weighted by molar-refractivity contribution is -0.134. The zero-order chi connectivity index (χ0) is 18.2. The molecule has 1 aromatic rings. The third kappa shape index (κ3) is 5.46. The van der Waals surface area contributed by atoms with Crippen LogP contribution in [0.3, 0.4) is 0 Å².